The number of rotatable bonds is 3. The van der Waals surface area contributed by atoms with E-state index < -0.39 is 0 Å². The van der Waals surface area contributed by atoms with Gasteiger partial charge in [-0.3, -0.25) is 4.68 Å². The van der Waals surface area contributed by atoms with Crippen LogP contribution in [0.15, 0.2) is 30.5 Å². The molecule has 0 radical (unpaired) electrons. The fourth-order valence-electron chi connectivity index (χ4n) is 2.27. The predicted molar refractivity (Wildman–Crippen MR) is 74.5 cm³/mol. The van der Waals surface area contributed by atoms with Gasteiger partial charge in [0.25, 0.3) is 0 Å². The monoisotopic (exact) mass is 261 g/mol. The lowest BCUT2D eigenvalue weighted by molar-refractivity contribution is 0.441. The van der Waals surface area contributed by atoms with Crippen molar-refractivity contribution in [2.24, 2.45) is 5.92 Å². The van der Waals surface area contributed by atoms with E-state index in [9.17, 15) is 0 Å². The van der Waals surface area contributed by atoms with Crippen molar-refractivity contribution in [2.45, 2.75) is 25.8 Å². The molecule has 1 saturated carbocycles. The third kappa shape index (κ3) is 2.10. The Hall–Kier alpha value is -1.48. The number of anilines is 1. The van der Waals surface area contributed by atoms with Gasteiger partial charge in [0.05, 0.1) is 11.7 Å². The van der Waals surface area contributed by atoms with Crippen LogP contribution in [0, 0.1) is 5.92 Å². The van der Waals surface area contributed by atoms with Gasteiger partial charge in [-0.2, -0.15) is 5.10 Å². The van der Waals surface area contributed by atoms with E-state index in [0.717, 1.165) is 17.2 Å². The number of hydrogen-bond donors (Lipinski definition) is 1. The fraction of sp³-hybridized carbons (Fsp3) is 0.357. The molecule has 0 spiro atoms. The Bertz CT molecular complexity index is 572. The van der Waals surface area contributed by atoms with Gasteiger partial charge in [0.15, 0.2) is 0 Å². The molecule has 1 aliphatic rings. The highest BCUT2D eigenvalue weighted by atomic mass is 35.5. The molecular formula is C14H16ClN3. The summed E-state index contributed by atoms with van der Waals surface area (Å²) in [5, 5.41) is 5.32. The van der Waals surface area contributed by atoms with Crippen LogP contribution in [0.1, 0.15) is 25.8 Å². The highest BCUT2D eigenvalue weighted by Gasteiger charge is 2.30. The van der Waals surface area contributed by atoms with Crippen molar-refractivity contribution in [3.05, 3.63) is 35.5 Å². The molecule has 1 heterocycles. The molecule has 3 nitrogen and oxygen atoms in total. The summed E-state index contributed by atoms with van der Waals surface area (Å²) in [6.45, 7) is 2.20. The molecular weight excluding hydrogens is 246 g/mol. The van der Waals surface area contributed by atoms with Gasteiger partial charge < -0.3 is 5.73 Å². The lowest BCUT2D eigenvalue weighted by atomic mass is 10.1. The van der Waals surface area contributed by atoms with Crippen LogP contribution in [0.25, 0.3) is 11.3 Å². The Morgan fingerprint density at radius 2 is 2.22 bits per heavy atom. The zero-order valence-corrected chi connectivity index (χ0v) is 11.1. The number of nitrogens with zero attached hydrogens (tertiary/aromatic N) is 2. The minimum Gasteiger partial charge on any atom is -0.396 e. The zero-order valence-electron chi connectivity index (χ0n) is 10.3. The summed E-state index contributed by atoms with van der Waals surface area (Å²) in [5.74, 6) is 0.761. The van der Waals surface area contributed by atoms with E-state index in [1.165, 1.54) is 12.8 Å². The largest absolute Gasteiger partial charge is 0.396 e. The molecule has 4 heteroatoms. The molecule has 0 saturated heterocycles. The Labute approximate surface area is 112 Å². The van der Waals surface area contributed by atoms with Gasteiger partial charge in [0.1, 0.15) is 5.69 Å². The molecule has 1 aromatic carbocycles. The van der Waals surface area contributed by atoms with Crippen LogP contribution < -0.4 is 5.73 Å². The van der Waals surface area contributed by atoms with E-state index in [1.807, 2.05) is 35.1 Å². The number of nitrogen functional groups attached to an aromatic ring is 1. The molecule has 18 heavy (non-hydrogen) atoms. The summed E-state index contributed by atoms with van der Waals surface area (Å²) in [6.07, 6.45) is 4.53. The molecule has 2 aromatic rings. The SMILES string of the molecule is CC(C1CC1)n1cc(N)c(-c2cccc(Cl)c2)n1. The first kappa shape index (κ1) is 11.6. The maximum atomic E-state index is 6.06. The first-order valence-corrected chi connectivity index (χ1v) is 6.63. The van der Waals surface area contributed by atoms with Crippen LogP contribution >= 0.6 is 11.6 Å². The molecule has 0 amide bonds. The number of nitrogens with two attached hydrogens (primary N) is 1. The summed E-state index contributed by atoms with van der Waals surface area (Å²) in [7, 11) is 0. The summed E-state index contributed by atoms with van der Waals surface area (Å²) in [5.41, 5.74) is 8.57. The van der Waals surface area contributed by atoms with Crippen LogP contribution in [0.3, 0.4) is 0 Å². The Kier molecular flexibility index (Phi) is 2.78. The van der Waals surface area contributed by atoms with Gasteiger partial charge >= 0.3 is 0 Å². The van der Waals surface area contributed by atoms with Crippen LogP contribution in [0.2, 0.25) is 5.02 Å². The van der Waals surface area contributed by atoms with E-state index in [2.05, 4.69) is 12.0 Å². The third-order valence-corrected chi connectivity index (χ3v) is 3.81. The topological polar surface area (TPSA) is 43.8 Å². The second-order valence-electron chi connectivity index (χ2n) is 5.00. The number of aromatic nitrogens is 2. The van der Waals surface area contributed by atoms with E-state index in [0.29, 0.717) is 16.8 Å². The van der Waals surface area contributed by atoms with Crippen LogP contribution in [-0.2, 0) is 0 Å². The van der Waals surface area contributed by atoms with Crippen LogP contribution in [0.5, 0.6) is 0 Å². The molecule has 0 aliphatic heterocycles. The highest BCUT2D eigenvalue weighted by molar-refractivity contribution is 6.30. The number of benzene rings is 1. The molecule has 1 unspecified atom stereocenters. The van der Waals surface area contributed by atoms with Crippen molar-refractivity contribution in [1.82, 2.24) is 9.78 Å². The van der Waals surface area contributed by atoms with Crippen molar-refractivity contribution in [2.75, 3.05) is 5.73 Å². The highest BCUT2D eigenvalue weighted by Crippen LogP contribution is 2.40. The second-order valence-corrected chi connectivity index (χ2v) is 5.44. The summed E-state index contributed by atoms with van der Waals surface area (Å²) in [4.78, 5) is 0. The van der Waals surface area contributed by atoms with E-state index in [-0.39, 0.29) is 0 Å². The second kappa shape index (κ2) is 4.32. The molecule has 94 valence electrons. The summed E-state index contributed by atoms with van der Waals surface area (Å²) < 4.78 is 1.99. The standard InChI is InChI=1S/C14H16ClN3/c1-9(10-5-6-10)18-8-13(16)14(17-18)11-3-2-4-12(15)7-11/h2-4,7-10H,5-6,16H2,1H3. The molecule has 1 atom stereocenters. The maximum Gasteiger partial charge on any atom is 0.115 e. The van der Waals surface area contributed by atoms with Gasteiger partial charge in [0, 0.05) is 16.8 Å². The number of halogens is 1. The number of hydrogen-bond acceptors (Lipinski definition) is 2. The van der Waals surface area contributed by atoms with Gasteiger partial charge in [-0.1, -0.05) is 23.7 Å². The van der Waals surface area contributed by atoms with Gasteiger partial charge in [-0.15, -0.1) is 0 Å². The Balaban J connectivity index is 1.97. The Morgan fingerprint density at radius 1 is 1.44 bits per heavy atom. The van der Waals surface area contributed by atoms with Crippen LogP contribution in [0.4, 0.5) is 5.69 Å². The molecule has 0 bridgehead atoms. The van der Waals surface area contributed by atoms with Crippen molar-refractivity contribution in [3.8, 4) is 11.3 Å². The third-order valence-electron chi connectivity index (χ3n) is 3.58. The van der Waals surface area contributed by atoms with Gasteiger partial charge in [-0.25, -0.2) is 0 Å². The van der Waals surface area contributed by atoms with Gasteiger partial charge in [0.2, 0.25) is 0 Å². The molecule has 2 N–H and O–H groups in total. The first-order valence-electron chi connectivity index (χ1n) is 6.25. The molecule has 1 aliphatic carbocycles. The first-order chi connectivity index (χ1) is 8.65. The maximum absolute atomic E-state index is 6.06. The van der Waals surface area contributed by atoms with Crippen molar-refractivity contribution >= 4 is 17.3 Å². The van der Waals surface area contributed by atoms with E-state index in [1.54, 1.807) is 0 Å². The fourth-order valence-corrected chi connectivity index (χ4v) is 2.46. The molecule has 1 fully saturated rings. The summed E-state index contributed by atoms with van der Waals surface area (Å²) in [6, 6.07) is 8.08. The molecule has 3 rings (SSSR count). The van der Waals surface area contributed by atoms with Crippen LogP contribution in [-0.4, -0.2) is 9.78 Å². The van der Waals surface area contributed by atoms with Crippen molar-refractivity contribution < 1.29 is 0 Å². The average Bonchev–Trinajstić information content (AvgIpc) is 3.11. The summed E-state index contributed by atoms with van der Waals surface area (Å²) >= 11 is 6.00. The van der Waals surface area contributed by atoms with Gasteiger partial charge in [-0.05, 0) is 37.8 Å². The van der Waals surface area contributed by atoms with E-state index in [4.69, 9.17) is 17.3 Å². The lowest BCUT2D eigenvalue weighted by Crippen LogP contribution is -2.07. The predicted octanol–water partition coefficient (Wildman–Crippen LogP) is 3.76. The van der Waals surface area contributed by atoms with E-state index >= 15 is 0 Å². The van der Waals surface area contributed by atoms with Crippen molar-refractivity contribution in [3.63, 3.8) is 0 Å². The van der Waals surface area contributed by atoms with Crippen molar-refractivity contribution in [1.29, 1.82) is 0 Å². The quantitative estimate of drug-likeness (QED) is 0.914. The smallest absolute Gasteiger partial charge is 0.115 e. The average molecular weight is 262 g/mol. The minimum atomic E-state index is 0.431. The molecule has 1 aromatic heterocycles. The normalized spacial score (nSPS) is 16.8. The minimum absolute atomic E-state index is 0.431. The lowest BCUT2D eigenvalue weighted by Gasteiger charge is -2.09. The Morgan fingerprint density at radius 3 is 2.89 bits per heavy atom. The zero-order chi connectivity index (χ0) is 12.7.